The summed E-state index contributed by atoms with van der Waals surface area (Å²) in [5.74, 6) is 0.896. The summed E-state index contributed by atoms with van der Waals surface area (Å²) in [6.07, 6.45) is 0.968. The zero-order valence-corrected chi connectivity index (χ0v) is 17.5. The second-order valence-corrected chi connectivity index (χ2v) is 7.53. The number of rotatable bonds is 7. The Morgan fingerprint density at radius 3 is 2.50 bits per heavy atom. The van der Waals surface area contributed by atoms with E-state index < -0.39 is 0 Å². The van der Waals surface area contributed by atoms with Crippen molar-refractivity contribution in [2.75, 3.05) is 18.2 Å². The number of hydrogen-bond acceptors (Lipinski definition) is 6. The van der Waals surface area contributed by atoms with E-state index in [-0.39, 0.29) is 11.7 Å². The highest BCUT2D eigenvalue weighted by Crippen LogP contribution is 2.23. The highest BCUT2D eigenvalue weighted by molar-refractivity contribution is 7.99. The van der Waals surface area contributed by atoms with Crippen molar-refractivity contribution in [2.24, 2.45) is 0 Å². The van der Waals surface area contributed by atoms with E-state index in [1.807, 2.05) is 60.7 Å². The Bertz CT molecular complexity index is 1160. The first-order valence-corrected chi connectivity index (χ1v) is 10.5. The summed E-state index contributed by atoms with van der Waals surface area (Å²) in [5.41, 5.74) is 4.38. The monoisotopic (exact) mass is 419 g/mol. The van der Waals surface area contributed by atoms with Gasteiger partial charge in [0.1, 0.15) is 5.75 Å². The minimum absolute atomic E-state index is 0.104. The molecule has 2 aromatic carbocycles. The molecule has 0 saturated carbocycles. The summed E-state index contributed by atoms with van der Waals surface area (Å²) in [7, 11) is 1.64. The molecular weight excluding hydrogens is 398 g/mol. The maximum absolute atomic E-state index is 12.3. The van der Waals surface area contributed by atoms with Gasteiger partial charge in [-0.1, -0.05) is 30.8 Å². The third-order valence-corrected chi connectivity index (χ3v) is 5.52. The molecule has 0 saturated heterocycles. The number of aromatic nitrogens is 4. The minimum Gasteiger partial charge on any atom is -0.497 e. The van der Waals surface area contributed by atoms with E-state index in [9.17, 15) is 4.79 Å². The van der Waals surface area contributed by atoms with E-state index in [0.29, 0.717) is 10.8 Å². The van der Waals surface area contributed by atoms with Gasteiger partial charge in [-0.25, -0.2) is 0 Å². The standard InChI is InChI=1S/C22H21N5O2S/c1-3-15-4-8-17(9-5-15)23-21(28)14-30-22-25-24-20-13-12-19(26-27(20)22)16-6-10-18(29-2)11-7-16/h4-13H,3,14H2,1-2H3,(H,23,28). The molecule has 0 aliphatic rings. The number of hydrogen-bond donors (Lipinski definition) is 1. The predicted octanol–water partition coefficient (Wildman–Crippen LogP) is 4.09. The molecule has 2 heterocycles. The smallest absolute Gasteiger partial charge is 0.234 e. The fourth-order valence-electron chi connectivity index (χ4n) is 2.93. The van der Waals surface area contributed by atoms with Crippen LogP contribution in [0.5, 0.6) is 5.75 Å². The first kappa shape index (κ1) is 19.9. The largest absolute Gasteiger partial charge is 0.497 e. The van der Waals surface area contributed by atoms with E-state index >= 15 is 0 Å². The van der Waals surface area contributed by atoms with Crippen molar-refractivity contribution in [3.8, 4) is 17.0 Å². The number of carbonyl (C=O) groups is 1. The van der Waals surface area contributed by atoms with Crippen molar-refractivity contribution in [3.63, 3.8) is 0 Å². The summed E-state index contributed by atoms with van der Waals surface area (Å²) >= 11 is 1.30. The summed E-state index contributed by atoms with van der Waals surface area (Å²) in [6.45, 7) is 2.10. The lowest BCUT2D eigenvalue weighted by Gasteiger charge is -2.06. The number of anilines is 1. The van der Waals surface area contributed by atoms with Gasteiger partial charge in [-0.3, -0.25) is 4.79 Å². The molecule has 0 atom stereocenters. The third kappa shape index (κ3) is 4.44. The van der Waals surface area contributed by atoms with Crippen LogP contribution in [-0.4, -0.2) is 38.6 Å². The molecule has 0 bridgehead atoms. The molecule has 152 valence electrons. The van der Waals surface area contributed by atoms with Crippen LogP contribution in [0.4, 0.5) is 5.69 Å². The maximum atomic E-state index is 12.3. The van der Waals surface area contributed by atoms with Gasteiger partial charge in [-0.05, 0) is 60.5 Å². The molecule has 0 fully saturated rings. The number of nitrogens with zero attached hydrogens (tertiary/aromatic N) is 4. The molecule has 4 rings (SSSR count). The molecule has 4 aromatic rings. The van der Waals surface area contributed by atoms with Gasteiger partial charge in [0, 0.05) is 11.3 Å². The van der Waals surface area contributed by atoms with Gasteiger partial charge in [0.2, 0.25) is 11.1 Å². The Morgan fingerprint density at radius 1 is 1.03 bits per heavy atom. The lowest BCUT2D eigenvalue weighted by Crippen LogP contribution is -2.14. The molecule has 1 N–H and O–H groups in total. The molecule has 8 heteroatoms. The minimum atomic E-state index is -0.104. The third-order valence-electron chi connectivity index (χ3n) is 4.60. The number of carbonyl (C=O) groups excluding carboxylic acids is 1. The average Bonchev–Trinajstić information content (AvgIpc) is 3.20. The number of benzene rings is 2. The summed E-state index contributed by atoms with van der Waals surface area (Å²) < 4.78 is 6.86. The van der Waals surface area contributed by atoms with Crippen molar-refractivity contribution >= 4 is 29.0 Å². The van der Waals surface area contributed by atoms with Crippen LogP contribution in [0.3, 0.4) is 0 Å². The quantitative estimate of drug-likeness (QED) is 0.454. The topological polar surface area (TPSA) is 81.4 Å². The van der Waals surface area contributed by atoms with Gasteiger partial charge in [0.05, 0.1) is 18.6 Å². The number of amides is 1. The molecule has 0 spiro atoms. The van der Waals surface area contributed by atoms with Crippen LogP contribution < -0.4 is 10.1 Å². The maximum Gasteiger partial charge on any atom is 0.234 e. The Kier molecular flexibility index (Phi) is 5.94. The van der Waals surface area contributed by atoms with Crippen LogP contribution >= 0.6 is 11.8 Å². The number of methoxy groups -OCH3 is 1. The average molecular weight is 420 g/mol. The SMILES string of the molecule is CCc1ccc(NC(=O)CSc2nnc3ccc(-c4ccc(OC)cc4)nn23)cc1. The molecule has 7 nitrogen and oxygen atoms in total. The van der Waals surface area contributed by atoms with Crippen molar-refractivity contribution in [2.45, 2.75) is 18.5 Å². The van der Waals surface area contributed by atoms with Crippen LogP contribution in [0.2, 0.25) is 0 Å². The Balaban J connectivity index is 1.46. The number of fused-ring (bicyclic) bond motifs is 1. The Hall–Kier alpha value is -3.39. The molecule has 2 aromatic heterocycles. The summed E-state index contributed by atoms with van der Waals surface area (Å²) in [4.78, 5) is 12.3. The van der Waals surface area contributed by atoms with Crippen molar-refractivity contribution in [3.05, 3.63) is 66.2 Å². The Morgan fingerprint density at radius 2 is 1.80 bits per heavy atom. The first-order valence-electron chi connectivity index (χ1n) is 9.54. The zero-order chi connectivity index (χ0) is 20.9. The van der Waals surface area contributed by atoms with Gasteiger partial charge in [-0.2, -0.15) is 9.61 Å². The van der Waals surface area contributed by atoms with Crippen LogP contribution in [-0.2, 0) is 11.2 Å². The van der Waals surface area contributed by atoms with Gasteiger partial charge in [0.15, 0.2) is 5.65 Å². The van der Waals surface area contributed by atoms with Gasteiger partial charge >= 0.3 is 0 Å². The number of ether oxygens (including phenoxy) is 1. The normalized spacial score (nSPS) is 10.9. The van der Waals surface area contributed by atoms with E-state index in [1.165, 1.54) is 17.3 Å². The number of thioether (sulfide) groups is 1. The van der Waals surface area contributed by atoms with Crippen molar-refractivity contribution < 1.29 is 9.53 Å². The molecule has 0 radical (unpaired) electrons. The molecule has 0 aliphatic carbocycles. The second-order valence-electron chi connectivity index (χ2n) is 6.59. The highest BCUT2D eigenvalue weighted by Gasteiger charge is 2.12. The van der Waals surface area contributed by atoms with E-state index in [4.69, 9.17) is 4.74 Å². The van der Waals surface area contributed by atoms with E-state index in [1.54, 1.807) is 11.6 Å². The Labute approximate surface area is 178 Å². The molecule has 0 unspecified atom stereocenters. The van der Waals surface area contributed by atoms with E-state index in [0.717, 1.165) is 29.1 Å². The summed E-state index contributed by atoms with van der Waals surface area (Å²) in [6, 6.07) is 19.3. The van der Waals surface area contributed by atoms with Crippen LogP contribution in [0.1, 0.15) is 12.5 Å². The van der Waals surface area contributed by atoms with Gasteiger partial charge in [-0.15, -0.1) is 10.2 Å². The fraction of sp³-hybridized carbons (Fsp3) is 0.182. The van der Waals surface area contributed by atoms with Crippen molar-refractivity contribution in [1.82, 2.24) is 19.8 Å². The van der Waals surface area contributed by atoms with Gasteiger partial charge in [0.25, 0.3) is 0 Å². The van der Waals surface area contributed by atoms with Crippen LogP contribution in [0.15, 0.2) is 65.8 Å². The van der Waals surface area contributed by atoms with Gasteiger partial charge < -0.3 is 10.1 Å². The first-order chi connectivity index (χ1) is 14.7. The second kappa shape index (κ2) is 8.96. The van der Waals surface area contributed by atoms with E-state index in [2.05, 4.69) is 27.5 Å². The number of aryl methyl sites for hydroxylation is 1. The van der Waals surface area contributed by atoms with Crippen molar-refractivity contribution in [1.29, 1.82) is 0 Å². The molecular formula is C22H21N5O2S. The predicted molar refractivity (Wildman–Crippen MR) is 118 cm³/mol. The highest BCUT2D eigenvalue weighted by atomic mass is 32.2. The summed E-state index contributed by atoms with van der Waals surface area (Å²) in [5, 5.41) is 16.4. The molecule has 30 heavy (non-hydrogen) atoms. The van der Waals surface area contributed by atoms with Crippen LogP contribution in [0.25, 0.3) is 16.9 Å². The fourth-order valence-corrected chi connectivity index (χ4v) is 3.61. The zero-order valence-electron chi connectivity index (χ0n) is 16.7. The number of nitrogens with one attached hydrogen (secondary N) is 1. The molecule has 0 aliphatic heterocycles. The molecule has 1 amide bonds. The lowest BCUT2D eigenvalue weighted by atomic mass is 10.1. The lowest BCUT2D eigenvalue weighted by molar-refractivity contribution is -0.113. The van der Waals surface area contributed by atoms with Crippen LogP contribution in [0, 0.1) is 0 Å².